The summed E-state index contributed by atoms with van der Waals surface area (Å²) in [5.74, 6) is 0.210. The Morgan fingerprint density at radius 2 is 1.77 bits per heavy atom. The first-order chi connectivity index (χ1) is 12.5. The van der Waals surface area contributed by atoms with Gasteiger partial charge in [0.15, 0.2) is 0 Å². The lowest BCUT2D eigenvalue weighted by molar-refractivity contribution is -0.131. The number of carbonyl (C=O) groups excluding carboxylic acids is 2. The van der Waals surface area contributed by atoms with E-state index >= 15 is 0 Å². The first-order valence-corrected chi connectivity index (χ1v) is 9.22. The van der Waals surface area contributed by atoms with E-state index in [4.69, 9.17) is 4.74 Å². The average molecular weight is 468 g/mol. The predicted octanol–water partition coefficient (Wildman–Crippen LogP) is 3.79. The molecule has 1 heterocycles. The summed E-state index contributed by atoms with van der Waals surface area (Å²) in [6, 6.07) is 11.8. The molecule has 1 fully saturated rings. The number of hydrogen-bond donors (Lipinski definition) is 0. The third-order valence-electron chi connectivity index (χ3n) is 4.26. The van der Waals surface area contributed by atoms with Crippen LogP contribution in [0.4, 0.5) is 9.18 Å². The third kappa shape index (κ3) is 4.14. The summed E-state index contributed by atoms with van der Waals surface area (Å²) in [5.41, 5.74) is 1.55. The first kappa shape index (κ1) is 18.6. The van der Waals surface area contributed by atoms with Crippen molar-refractivity contribution in [2.24, 2.45) is 0 Å². The first-order valence-electron chi connectivity index (χ1n) is 8.14. The van der Waals surface area contributed by atoms with E-state index in [2.05, 4.69) is 0 Å². The number of ether oxygens (including phenoxy) is 1. The molecule has 5 nitrogen and oxygen atoms in total. The van der Waals surface area contributed by atoms with Gasteiger partial charge in [0.25, 0.3) is 0 Å². The topological polar surface area (TPSA) is 49.9 Å². The Kier molecular flexibility index (Phi) is 5.75. The van der Waals surface area contributed by atoms with Crippen LogP contribution in [-0.2, 0) is 17.9 Å². The molecule has 26 heavy (non-hydrogen) atoms. The largest absolute Gasteiger partial charge is 0.497 e. The average Bonchev–Trinajstić information content (AvgIpc) is 2.64. The van der Waals surface area contributed by atoms with E-state index in [1.165, 1.54) is 11.0 Å². The van der Waals surface area contributed by atoms with Gasteiger partial charge in [0.1, 0.15) is 11.6 Å². The Bertz CT molecular complexity index is 826. The summed E-state index contributed by atoms with van der Waals surface area (Å²) >= 11 is 1.92. The molecule has 3 amide bonds. The van der Waals surface area contributed by atoms with Gasteiger partial charge in [-0.25, -0.2) is 9.18 Å². The van der Waals surface area contributed by atoms with Crippen LogP contribution in [0.5, 0.6) is 5.75 Å². The van der Waals surface area contributed by atoms with Crippen molar-refractivity contribution in [3.05, 3.63) is 63.0 Å². The summed E-state index contributed by atoms with van der Waals surface area (Å²) in [6.45, 7) is 0.822. The van der Waals surface area contributed by atoms with Crippen LogP contribution in [0.2, 0.25) is 0 Å². The molecule has 0 unspecified atom stereocenters. The molecule has 2 aromatic rings. The van der Waals surface area contributed by atoms with Crippen molar-refractivity contribution in [3.63, 3.8) is 0 Å². The number of amides is 3. The maximum atomic E-state index is 13.7. The van der Waals surface area contributed by atoms with Gasteiger partial charge >= 0.3 is 6.03 Å². The molecule has 0 bridgehead atoms. The number of hydrogen-bond acceptors (Lipinski definition) is 3. The van der Waals surface area contributed by atoms with E-state index in [0.29, 0.717) is 21.4 Å². The van der Waals surface area contributed by atoms with E-state index in [-0.39, 0.29) is 37.3 Å². The zero-order valence-corrected chi connectivity index (χ0v) is 16.4. The van der Waals surface area contributed by atoms with Crippen molar-refractivity contribution in [3.8, 4) is 5.75 Å². The Hall–Kier alpha value is -2.16. The van der Waals surface area contributed by atoms with E-state index in [1.54, 1.807) is 36.3 Å². The lowest BCUT2D eigenvalue weighted by atomic mass is 10.1. The van der Waals surface area contributed by atoms with Crippen molar-refractivity contribution in [2.45, 2.75) is 19.5 Å². The number of carbonyl (C=O) groups is 2. The SMILES string of the molecule is COc1ccc(CN2C(=O)CCN(Cc3ccc(I)c(F)c3)C2=O)cc1. The maximum Gasteiger partial charge on any atom is 0.327 e. The second-order valence-electron chi connectivity index (χ2n) is 6.03. The van der Waals surface area contributed by atoms with Crippen LogP contribution in [0.1, 0.15) is 17.5 Å². The molecule has 1 saturated heterocycles. The summed E-state index contributed by atoms with van der Waals surface area (Å²) < 4.78 is 19.4. The van der Waals surface area contributed by atoms with E-state index < -0.39 is 0 Å². The Labute approximate surface area is 164 Å². The van der Waals surface area contributed by atoms with Crippen molar-refractivity contribution < 1.29 is 18.7 Å². The molecule has 0 aliphatic carbocycles. The van der Waals surface area contributed by atoms with Gasteiger partial charge < -0.3 is 9.64 Å². The highest BCUT2D eigenvalue weighted by molar-refractivity contribution is 14.1. The zero-order chi connectivity index (χ0) is 18.7. The molecule has 7 heteroatoms. The van der Waals surface area contributed by atoms with Gasteiger partial charge in [0.2, 0.25) is 5.91 Å². The van der Waals surface area contributed by atoms with E-state index in [0.717, 1.165) is 5.56 Å². The second kappa shape index (κ2) is 8.03. The second-order valence-corrected chi connectivity index (χ2v) is 7.19. The van der Waals surface area contributed by atoms with Gasteiger partial charge in [0, 0.05) is 23.1 Å². The fourth-order valence-electron chi connectivity index (χ4n) is 2.81. The van der Waals surface area contributed by atoms with Crippen LogP contribution in [0, 0.1) is 9.39 Å². The molecular formula is C19H18FIN2O3. The predicted molar refractivity (Wildman–Crippen MR) is 103 cm³/mol. The molecule has 0 N–H and O–H groups in total. The summed E-state index contributed by atoms with van der Waals surface area (Å²) in [7, 11) is 1.58. The highest BCUT2D eigenvalue weighted by Gasteiger charge is 2.32. The lowest BCUT2D eigenvalue weighted by Crippen LogP contribution is -2.51. The van der Waals surface area contributed by atoms with Gasteiger partial charge in [-0.15, -0.1) is 0 Å². The van der Waals surface area contributed by atoms with Crippen LogP contribution in [-0.4, -0.2) is 35.4 Å². The molecule has 0 radical (unpaired) electrons. The van der Waals surface area contributed by atoms with E-state index in [9.17, 15) is 14.0 Å². The molecule has 1 aliphatic heterocycles. The molecule has 0 atom stereocenters. The molecule has 1 aliphatic rings. The number of halogens is 2. The third-order valence-corrected chi connectivity index (χ3v) is 5.13. The van der Waals surface area contributed by atoms with Crippen LogP contribution in [0.3, 0.4) is 0 Å². The normalized spacial score (nSPS) is 14.7. The van der Waals surface area contributed by atoms with Gasteiger partial charge in [-0.2, -0.15) is 0 Å². The minimum absolute atomic E-state index is 0.198. The standard InChI is InChI=1S/C19H18FIN2O3/c1-26-15-5-2-13(3-6-15)12-23-18(24)8-9-22(19(23)25)11-14-4-7-17(21)16(20)10-14/h2-7,10H,8-9,11-12H2,1H3. The number of benzene rings is 2. The van der Waals surface area contributed by atoms with Gasteiger partial charge in [-0.05, 0) is 58.0 Å². The number of rotatable bonds is 5. The number of imide groups is 1. The molecule has 0 spiro atoms. The molecule has 3 rings (SSSR count). The van der Waals surface area contributed by atoms with Crippen LogP contribution < -0.4 is 4.74 Å². The zero-order valence-electron chi connectivity index (χ0n) is 14.2. The van der Waals surface area contributed by atoms with Crippen molar-refractivity contribution in [2.75, 3.05) is 13.7 Å². The van der Waals surface area contributed by atoms with Crippen molar-refractivity contribution >= 4 is 34.5 Å². The van der Waals surface area contributed by atoms with Crippen LogP contribution in [0.15, 0.2) is 42.5 Å². The molecule has 2 aromatic carbocycles. The molecule has 0 aromatic heterocycles. The molecule has 136 valence electrons. The Morgan fingerprint density at radius 1 is 1.08 bits per heavy atom. The van der Waals surface area contributed by atoms with Gasteiger partial charge in [-0.3, -0.25) is 9.69 Å². The smallest absolute Gasteiger partial charge is 0.327 e. The number of urea groups is 1. The molecular weight excluding hydrogens is 450 g/mol. The summed E-state index contributed by atoms with van der Waals surface area (Å²) in [5, 5.41) is 0. The van der Waals surface area contributed by atoms with Crippen LogP contribution >= 0.6 is 22.6 Å². The Balaban J connectivity index is 1.72. The minimum Gasteiger partial charge on any atom is -0.497 e. The molecule has 0 saturated carbocycles. The maximum absolute atomic E-state index is 13.7. The fraction of sp³-hybridized carbons (Fsp3) is 0.263. The lowest BCUT2D eigenvalue weighted by Gasteiger charge is -2.34. The number of methoxy groups -OCH3 is 1. The highest BCUT2D eigenvalue weighted by atomic mass is 127. The van der Waals surface area contributed by atoms with Crippen molar-refractivity contribution in [1.29, 1.82) is 0 Å². The van der Waals surface area contributed by atoms with Crippen molar-refractivity contribution in [1.82, 2.24) is 9.80 Å². The van der Waals surface area contributed by atoms with Gasteiger partial charge in [-0.1, -0.05) is 18.2 Å². The quantitative estimate of drug-likeness (QED) is 0.628. The summed E-state index contributed by atoms with van der Waals surface area (Å²) in [4.78, 5) is 27.8. The van der Waals surface area contributed by atoms with E-state index in [1.807, 2.05) is 34.7 Å². The summed E-state index contributed by atoms with van der Waals surface area (Å²) in [6.07, 6.45) is 0.259. The fourth-order valence-corrected chi connectivity index (χ4v) is 3.15. The van der Waals surface area contributed by atoms with Crippen LogP contribution in [0.25, 0.3) is 0 Å². The minimum atomic E-state index is -0.351. The highest BCUT2D eigenvalue weighted by Crippen LogP contribution is 2.20. The Morgan fingerprint density at radius 3 is 2.42 bits per heavy atom. The monoisotopic (exact) mass is 468 g/mol. The van der Waals surface area contributed by atoms with Gasteiger partial charge in [0.05, 0.1) is 13.7 Å². The number of nitrogens with zero attached hydrogens (tertiary/aromatic N) is 2.